The van der Waals surface area contributed by atoms with E-state index in [-0.39, 0.29) is 61.1 Å². The van der Waals surface area contributed by atoms with E-state index in [1.807, 2.05) is 0 Å². The van der Waals surface area contributed by atoms with Crippen LogP contribution in [0.4, 0.5) is 5.82 Å². The van der Waals surface area contributed by atoms with E-state index in [2.05, 4.69) is 34.4 Å². The molecule has 1 aliphatic heterocycles. The fourth-order valence-electron chi connectivity index (χ4n) is 4.38. The number of carbonyl (C=O) groups is 4. The summed E-state index contributed by atoms with van der Waals surface area (Å²) in [6.07, 6.45) is -9.89. The third-order valence-electron chi connectivity index (χ3n) is 6.94. The molecule has 0 spiro atoms. The van der Waals surface area contributed by atoms with Crippen LogP contribution >= 0.6 is 35.0 Å². The van der Waals surface area contributed by atoms with Gasteiger partial charge in [-0.15, -0.1) is 0 Å². The van der Waals surface area contributed by atoms with Gasteiger partial charge < -0.3 is 65.5 Å². The number of aliphatic hydroxyl groups excluding tert-OH is 2. The van der Waals surface area contributed by atoms with Crippen molar-refractivity contribution in [1.29, 1.82) is 0 Å². The van der Waals surface area contributed by atoms with Gasteiger partial charge in [0.2, 0.25) is 11.8 Å². The van der Waals surface area contributed by atoms with Gasteiger partial charge in [-0.05, 0) is 0 Å². The van der Waals surface area contributed by atoms with Gasteiger partial charge in [0.05, 0.1) is 19.4 Å². The number of aromatic nitrogens is 4. The Bertz CT molecular complexity index is 1840. The molecule has 1 saturated heterocycles. The maximum absolute atomic E-state index is 12.7. The van der Waals surface area contributed by atoms with Crippen molar-refractivity contribution < 1.29 is 109 Å². The first kappa shape index (κ1) is 48.8. The van der Waals surface area contributed by atoms with Crippen molar-refractivity contribution >= 4 is 74.9 Å². The van der Waals surface area contributed by atoms with Gasteiger partial charge in [-0.2, -0.15) is 0 Å². The fourth-order valence-corrected chi connectivity index (χ4v) is 8.07. The number of fused-ring (bicyclic) bond motifs is 1. The second-order valence-electron chi connectivity index (χ2n) is 11.8. The Hall–Kier alpha value is -2.37. The van der Waals surface area contributed by atoms with E-state index in [4.69, 9.17) is 19.7 Å². The van der Waals surface area contributed by atoms with Crippen LogP contribution in [0.25, 0.3) is 11.2 Å². The number of amides is 2. The molecule has 304 valence electrons. The molecule has 1 aliphatic rings. The zero-order chi connectivity index (χ0) is 40.6. The predicted molar refractivity (Wildman–Crippen MR) is 177 cm³/mol. The Kier molecular flexibility index (Phi) is 18.1. The Labute approximate surface area is 326 Å². The van der Waals surface area contributed by atoms with Crippen molar-refractivity contribution in [2.45, 2.75) is 57.5 Å². The second kappa shape index (κ2) is 20.4. The van der Waals surface area contributed by atoms with Crippen LogP contribution in [0.5, 0.6) is 0 Å². The van der Waals surface area contributed by atoms with E-state index in [1.165, 1.54) is 13.8 Å². The van der Waals surface area contributed by atoms with Crippen molar-refractivity contribution in [3.8, 4) is 0 Å². The molecule has 0 aromatic carbocycles. The zero-order valence-corrected chi connectivity index (χ0v) is 32.6. The van der Waals surface area contributed by atoms with Crippen molar-refractivity contribution in [2.75, 3.05) is 37.5 Å². The largest absolute Gasteiger partial charge is 1.00 e. The number of imidazole rings is 1. The topological polar surface area (TPSA) is 404 Å². The summed E-state index contributed by atoms with van der Waals surface area (Å²) in [6, 6.07) is 0. The molecule has 0 bridgehead atoms. The van der Waals surface area contributed by atoms with E-state index in [9.17, 15) is 67.8 Å². The molecule has 0 saturated carbocycles. The summed E-state index contributed by atoms with van der Waals surface area (Å²) in [7, 11) is -16.1. The number of aliphatic carboxylic acids is 1. The van der Waals surface area contributed by atoms with Crippen molar-refractivity contribution in [1.82, 2.24) is 30.2 Å². The van der Waals surface area contributed by atoms with Gasteiger partial charge in [0, 0.05) is 36.6 Å². The average molecular weight is 862 g/mol. The Morgan fingerprint density at radius 1 is 1.11 bits per heavy atom. The molecule has 7 atom stereocenters. The summed E-state index contributed by atoms with van der Waals surface area (Å²) in [5.41, 5.74) is 4.16. The van der Waals surface area contributed by atoms with Crippen LogP contribution in [-0.2, 0) is 55.7 Å². The number of anilines is 1. The van der Waals surface area contributed by atoms with Gasteiger partial charge in [0.15, 0.2) is 41.6 Å². The number of carbonyl (C=O) groups excluding carboxylic acids is 4. The smallest absolute Gasteiger partial charge is 0.550 e. The van der Waals surface area contributed by atoms with E-state index >= 15 is 0 Å². The molecular formula is C24H37LiN7O19P3S. The molecule has 2 aromatic heterocycles. The molecule has 2 amide bonds. The summed E-state index contributed by atoms with van der Waals surface area (Å²) < 4.78 is 62.3. The summed E-state index contributed by atoms with van der Waals surface area (Å²) in [4.78, 5) is 96.9. The molecule has 31 heteroatoms. The summed E-state index contributed by atoms with van der Waals surface area (Å²) in [6.45, 7) is 1.26. The Morgan fingerprint density at radius 2 is 1.78 bits per heavy atom. The summed E-state index contributed by atoms with van der Waals surface area (Å²) >= 11 is 0.678. The monoisotopic (exact) mass is 862 g/mol. The number of hydrogen-bond donors (Lipinski definition) is 9. The molecule has 3 rings (SSSR count). The predicted octanol–water partition coefficient (Wildman–Crippen LogP) is -6.19. The number of rotatable bonds is 21. The van der Waals surface area contributed by atoms with Gasteiger partial charge in [-0.25, -0.2) is 28.4 Å². The van der Waals surface area contributed by atoms with E-state index in [0.29, 0.717) is 11.8 Å². The Balaban J connectivity index is 0.0000105. The number of nitrogens with one attached hydrogen (secondary N) is 2. The first-order valence-electron chi connectivity index (χ1n) is 15.1. The maximum atomic E-state index is 12.7. The molecule has 55 heavy (non-hydrogen) atoms. The van der Waals surface area contributed by atoms with Crippen molar-refractivity contribution in [2.24, 2.45) is 5.41 Å². The molecule has 3 heterocycles. The standard InChI is InChI=1S/C24H38N7O19P3S.Li/c1-24(2,18(37)21(38)27-4-3-12(32)26-5-6-54-14(35)7-13(33)34)8-47-53(44,45)50-51(39,40)11-46-23-17(49-52(41,42)43)16(36)22(48-23)31-10-30-15-19(25)28-9-29-20(15)31;/h9-10,16-18,22-23,36-37H,3-8,11H2,1-2H3,(H,26,32)(H,27,38)(H,33,34)(H,39,40)(H,44,45)(H2,25,28,29)(H2,41,42,43);/q;+1/p-1/t16-,17+,18+,22-,23+;/m1./s1/i7+1,13+1,14+1;. The number of phosphoric acid groups is 2. The molecule has 26 nitrogen and oxygen atoms in total. The van der Waals surface area contributed by atoms with Gasteiger partial charge in [-0.3, -0.25) is 32.6 Å². The minimum Gasteiger partial charge on any atom is -0.550 e. The SMILES string of the molecule is CC(C)(COP(=O)(O)OP(=O)(O)CO[C@H]1O[C@@H](n2cnc3c(N)ncnc32)[C@H](O)[C@@H]1OP(=O)(O)O)[C@@H](O)C(=O)NCCC(=O)NCCS[13C](=O)[13CH2][13C](=O)[O-].[Li+]. The van der Waals surface area contributed by atoms with Crippen LogP contribution in [0.3, 0.4) is 0 Å². The summed E-state index contributed by atoms with van der Waals surface area (Å²) in [5.74, 6) is -3.09. The quantitative estimate of drug-likeness (QED) is 0.0185. The molecule has 2 unspecified atom stereocenters. The fraction of sp³-hybridized carbons (Fsp3) is 0.625. The van der Waals surface area contributed by atoms with Gasteiger partial charge >= 0.3 is 42.1 Å². The van der Waals surface area contributed by atoms with Crippen molar-refractivity contribution in [3.63, 3.8) is 0 Å². The van der Waals surface area contributed by atoms with Gasteiger partial charge in [0.25, 0.3) is 0 Å². The van der Waals surface area contributed by atoms with Gasteiger partial charge in [0.1, 0.15) is 24.1 Å². The van der Waals surface area contributed by atoms with E-state index in [1.54, 1.807) is 0 Å². The van der Waals surface area contributed by atoms with Crippen LogP contribution in [-0.4, -0.2) is 129 Å². The van der Waals surface area contributed by atoms with Crippen LogP contribution in [0.1, 0.15) is 32.9 Å². The van der Waals surface area contributed by atoms with Crippen LogP contribution in [0.15, 0.2) is 12.7 Å². The average Bonchev–Trinajstić information content (AvgIpc) is 3.60. The van der Waals surface area contributed by atoms with Crippen molar-refractivity contribution in [3.05, 3.63) is 12.7 Å². The minimum absolute atomic E-state index is 0. The maximum Gasteiger partial charge on any atom is 1.00 e. The first-order valence-corrected chi connectivity index (χ1v) is 20.9. The molecule has 2 aromatic rings. The normalized spacial score (nSPS) is 21.5. The number of nitrogen functional groups attached to an aromatic ring is 1. The molecule has 0 radical (unpaired) electrons. The number of hydrogen-bond acceptors (Lipinski definition) is 20. The number of nitrogens with zero attached hydrogens (tertiary/aromatic N) is 4. The number of carboxylic acids is 1. The number of thioether (sulfide) groups is 1. The number of ether oxygens (including phenoxy) is 2. The number of nitrogens with two attached hydrogens (primary N) is 1. The number of carboxylic acid groups (broad SMARTS) is 1. The minimum atomic E-state index is -5.48. The van der Waals surface area contributed by atoms with Crippen LogP contribution in [0, 0.1) is 5.41 Å². The zero-order valence-electron chi connectivity index (χ0n) is 29.1. The Morgan fingerprint density at radius 3 is 2.42 bits per heavy atom. The van der Waals surface area contributed by atoms with Crippen LogP contribution in [0.2, 0.25) is 0 Å². The number of aliphatic hydroxyl groups is 2. The first-order chi connectivity index (χ1) is 24.9. The van der Waals surface area contributed by atoms with E-state index in [0.717, 1.165) is 17.2 Å². The second-order valence-corrected chi connectivity index (χ2v) is 17.6. The summed E-state index contributed by atoms with van der Waals surface area (Å²) in [5, 5.41) is 35.7. The molecule has 1 fully saturated rings. The third-order valence-corrected chi connectivity index (χ3v) is 11.1. The number of phosphoric ester groups is 2. The third kappa shape index (κ3) is 15.1. The molecule has 0 aliphatic carbocycles. The van der Waals surface area contributed by atoms with Gasteiger partial charge in [-0.1, -0.05) is 25.6 Å². The molecular weight excluding hydrogens is 825 g/mol. The van der Waals surface area contributed by atoms with E-state index < -0.39 is 102 Å². The van der Waals surface area contributed by atoms with Crippen LogP contribution < -0.4 is 40.3 Å². The molecule has 10 N–H and O–H groups in total.